The van der Waals surface area contributed by atoms with E-state index in [1.54, 1.807) is 29.6 Å². The van der Waals surface area contributed by atoms with Crippen LogP contribution in [0.5, 0.6) is 5.75 Å². The van der Waals surface area contributed by atoms with Crippen LogP contribution >= 0.6 is 23.4 Å². The van der Waals surface area contributed by atoms with Gasteiger partial charge < -0.3 is 10.5 Å². The number of benzene rings is 2. The van der Waals surface area contributed by atoms with Crippen molar-refractivity contribution in [2.75, 3.05) is 19.1 Å². The Hall–Kier alpha value is -2.11. The smallest absolute Gasteiger partial charge is 0.146 e. The summed E-state index contributed by atoms with van der Waals surface area (Å²) in [6, 6.07) is 15.7. The Morgan fingerprint density at radius 3 is 2.52 bits per heavy atom. The largest absolute Gasteiger partial charge is 0.495 e. The van der Waals surface area contributed by atoms with Crippen molar-refractivity contribution >= 4 is 29.2 Å². The highest BCUT2D eigenvalue weighted by molar-refractivity contribution is 7.98. The van der Waals surface area contributed by atoms with Crippen molar-refractivity contribution in [3.63, 3.8) is 0 Å². The van der Waals surface area contributed by atoms with Gasteiger partial charge in [0.15, 0.2) is 0 Å². The van der Waals surface area contributed by atoms with Crippen molar-refractivity contribution in [3.8, 4) is 22.7 Å². The lowest BCUT2D eigenvalue weighted by molar-refractivity contribution is 0.414. The zero-order chi connectivity index (χ0) is 16.4. The average Bonchev–Trinajstić information content (AvgIpc) is 2.97. The SMILES string of the molecule is COc1cc(-n2nc(N)cc2-c2ccc(SC)cc2)ccc1Cl. The van der Waals surface area contributed by atoms with Crippen molar-refractivity contribution in [3.05, 3.63) is 53.6 Å². The quantitative estimate of drug-likeness (QED) is 0.707. The number of nitrogens with two attached hydrogens (primary N) is 1. The standard InChI is InChI=1S/C17H16ClN3OS/c1-22-16-9-12(5-8-14(16)18)21-15(10-17(19)20-21)11-3-6-13(23-2)7-4-11/h3-10H,1-2H3,(H2,19,20). The number of hydrogen-bond acceptors (Lipinski definition) is 4. The van der Waals surface area contributed by atoms with Crippen LogP contribution in [-0.4, -0.2) is 23.1 Å². The van der Waals surface area contributed by atoms with E-state index in [9.17, 15) is 0 Å². The third-order valence-electron chi connectivity index (χ3n) is 3.49. The second-order valence-corrected chi connectivity index (χ2v) is 6.20. The Morgan fingerprint density at radius 2 is 1.87 bits per heavy atom. The van der Waals surface area contributed by atoms with Crippen LogP contribution in [0.1, 0.15) is 0 Å². The number of aromatic nitrogens is 2. The van der Waals surface area contributed by atoms with Gasteiger partial charge in [-0.05, 0) is 30.5 Å². The molecule has 23 heavy (non-hydrogen) atoms. The third-order valence-corrected chi connectivity index (χ3v) is 4.55. The number of nitrogens with zero attached hydrogens (tertiary/aromatic N) is 2. The van der Waals surface area contributed by atoms with Crippen LogP contribution in [0.25, 0.3) is 16.9 Å². The minimum atomic E-state index is 0.461. The number of thioether (sulfide) groups is 1. The lowest BCUT2D eigenvalue weighted by Crippen LogP contribution is -2.00. The maximum absolute atomic E-state index is 6.10. The van der Waals surface area contributed by atoms with Gasteiger partial charge in [0, 0.05) is 22.6 Å². The van der Waals surface area contributed by atoms with Crippen molar-refractivity contribution in [2.45, 2.75) is 4.90 Å². The maximum Gasteiger partial charge on any atom is 0.146 e. The van der Waals surface area contributed by atoms with Gasteiger partial charge in [0.2, 0.25) is 0 Å². The van der Waals surface area contributed by atoms with E-state index < -0.39 is 0 Å². The first-order valence-corrected chi connectivity index (χ1v) is 8.56. The molecular weight excluding hydrogens is 330 g/mol. The normalized spacial score (nSPS) is 10.7. The predicted molar refractivity (Wildman–Crippen MR) is 96.8 cm³/mol. The van der Waals surface area contributed by atoms with Crippen molar-refractivity contribution < 1.29 is 4.74 Å². The zero-order valence-electron chi connectivity index (χ0n) is 12.8. The predicted octanol–water partition coefficient (Wildman–Crippen LogP) is 4.51. The molecule has 0 unspecified atom stereocenters. The summed E-state index contributed by atoms with van der Waals surface area (Å²) in [5.41, 5.74) is 8.72. The summed E-state index contributed by atoms with van der Waals surface area (Å²) in [5.74, 6) is 1.06. The van der Waals surface area contributed by atoms with Gasteiger partial charge in [-0.3, -0.25) is 0 Å². The van der Waals surface area contributed by atoms with Gasteiger partial charge in [-0.1, -0.05) is 23.7 Å². The molecule has 3 rings (SSSR count). The molecule has 6 heteroatoms. The van der Waals surface area contributed by atoms with Crippen molar-refractivity contribution in [1.29, 1.82) is 0 Å². The number of ether oxygens (including phenoxy) is 1. The second kappa shape index (κ2) is 6.56. The van der Waals surface area contributed by atoms with Gasteiger partial charge in [-0.2, -0.15) is 5.10 Å². The summed E-state index contributed by atoms with van der Waals surface area (Å²) in [7, 11) is 1.59. The van der Waals surface area contributed by atoms with E-state index in [2.05, 4.69) is 35.6 Å². The summed E-state index contributed by atoms with van der Waals surface area (Å²) in [6.07, 6.45) is 2.05. The molecule has 2 aromatic carbocycles. The van der Waals surface area contributed by atoms with Crippen LogP contribution in [0.4, 0.5) is 5.82 Å². The minimum absolute atomic E-state index is 0.461. The Labute approximate surface area is 144 Å². The van der Waals surface area contributed by atoms with E-state index in [1.165, 1.54) is 4.90 Å². The lowest BCUT2D eigenvalue weighted by atomic mass is 10.1. The summed E-state index contributed by atoms with van der Waals surface area (Å²) in [5, 5.41) is 4.95. The molecule has 0 atom stereocenters. The first-order chi connectivity index (χ1) is 11.1. The molecule has 0 radical (unpaired) electrons. The summed E-state index contributed by atoms with van der Waals surface area (Å²) in [6.45, 7) is 0. The van der Waals surface area contributed by atoms with Gasteiger partial charge in [0.05, 0.1) is 23.5 Å². The second-order valence-electron chi connectivity index (χ2n) is 4.91. The highest BCUT2D eigenvalue weighted by Gasteiger charge is 2.12. The van der Waals surface area contributed by atoms with Gasteiger partial charge >= 0.3 is 0 Å². The third kappa shape index (κ3) is 3.16. The Kier molecular flexibility index (Phi) is 4.50. The molecule has 0 bridgehead atoms. The van der Waals surface area contributed by atoms with Crippen LogP contribution in [0.3, 0.4) is 0 Å². The summed E-state index contributed by atoms with van der Waals surface area (Å²) >= 11 is 7.80. The fourth-order valence-corrected chi connectivity index (χ4v) is 2.95. The first-order valence-electron chi connectivity index (χ1n) is 6.96. The number of anilines is 1. The Balaban J connectivity index is 2.10. The van der Waals surface area contributed by atoms with Crippen molar-refractivity contribution in [1.82, 2.24) is 9.78 Å². The molecule has 4 nitrogen and oxygen atoms in total. The fraction of sp³-hybridized carbons (Fsp3) is 0.118. The zero-order valence-corrected chi connectivity index (χ0v) is 14.4. The van der Waals surface area contributed by atoms with E-state index in [0.717, 1.165) is 16.9 Å². The van der Waals surface area contributed by atoms with Crippen LogP contribution in [0, 0.1) is 0 Å². The van der Waals surface area contributed by atoms with E-state index >= 15 is 0 Å². The van der Waals surface area contributed by atoms with E-state index in [1.807, 2.05) is 18.2 Å². The maximum atomic E-state index is 6.10. The summed E-state index contributed by atoms with van der Waals surface area (Å²) in [4.78, 5) is 1.21. The van der Waals surface area contributed by atoms with Gasteiger partial charge in [0.25, 0.3) is 0 Å². The number of nitrogen functional groups attached to an aromatic ring is 1. The molecule has 0 fully saturated rings. The highest BCUT2D eigenvalue weighted by atomic mass is 35.5. The van der Waals surface area contributed by atoms with Crippen LogP contribution < -0.4 is 10.5 Å². The molecule has 0 saturated heterocycles. The number of halogens is 1. The van der Waals surface area contributed by atoms with E-state index in [0.29, 0.717) is 16.6 Å². The molecule has 2 N–H and O–H groups in total. The fourth-order valence-electron chi connectivity index (χ4n) is 2.34. The molecule has 1 aromatic heterocycles. The van der Waals surface area contributed by atoms with Gasteiger partial charge in [-0.25, -0.2) is 4.68 Å². The number of rotatable bonds is 4. The lowest BCUT2D eigenvalue weighted by Gasteiger charge is -2.10. The molecule has 0 aliphatic rings. The highest BCUT2D eigenvalue weighted by Crippen LogP contribution is 2.31. The molecule has 0 aliphatic carbocycles. The molecule has 3 aromatic rings. The molecule has 0 spiro atoms. The Morgan fingerprint density at radius 1 is 1.13 bits per heavy atom. The van der Waals surface area contributed by atoms with Crippen LogP contribution in [-0.2, 0) is 0 Å². The topological polar surface area (TPSA) is 53.1 Å². The Bertz CT molecular complexity index is 830. The van der Waals surface area contributed by atoms with E-state index in [4.69, 9.17) is 22.1 Å². The van der Waals surface area contributed by atoms with Gasteiger partial charge in [0.1, 0.15) is 11.6 Å². The minimum Gasteiger partial charge on any atom is -0.495 e. The molecule has 1 heterocycles. The number of hydrogen-bond donors (Lipinski definition) is 1. The van der Waals surface area contributed by atoms with E-state index in [-0.39, 0.29) is 0 Å². The number of methoxy groups -OCH3 is 1. The van der Waals surface area contributed by atoms with Gasteiger partial charge in [-0.15, -0.1) is 11.8 Å². The van der Waals surface area contributed by atoms with Crippen molar-refractivity contribution in [2.24, 2.45) is 0 Å². The monoisotopic (exact) mass is 345 g/mol. The molecule has 0 saturated carbocycles. The molecular formula is C17H16ClN3OS. The summed E-state index contributed by atoms with van der Waals surface area (Å²) < 4.78 is 7.08. The average molecular weight is 346 g/mol. The molecule has 0 amide bonds. The first kappa shape index (κ1) is 15.8. The molecule has 0 aliphatic heterocycles. The molecule has 118 valence electrons. The van der Waals surface area contributed by atoms with Crippen LogP contribution in [0.15, 0.2) is 53.4 Å². The van der Waals surface area contributed by atoms with Crippen LogP contribution in [0.2, 0.25) is 5.02 Å².